The largest absolute Gasteiger partial charge is 0.302 e. The van der Waals surface area contributed by atoms with Crippen molar-refractivity contribution in [1.29, 1.82) is 0 Å². The van der Waals surface area contributed by atoms with Crippen LogP contribution in [0.5, 0.6) is 0 Å². The fraction of sp³-hybridized carbons (Fsp3) is 0.182. The Hall–Kier alpha value is -2.15. The van der Waals surface area contributed by atoms with Gasteiger partial charge in [0.25, 0.3) is 5.69 Å². The van der Waals surface area contributed by atoms with Crippen LogP contribution in [0.15, 0.2) is 18.2 Å². The normalized spacial score (nSPS) is 8.87. The van der Waals surface area contributed by atoms with E-state index in [1.807, 2.05) is 6.92 Å². The number of rotatable bonds is 2. The van der Waals surface area contributed by atoms with Gasteiger partial charge in [0.15, 0.2) is 0 Å². The fourth-order valence-corrected chi connectivity index (χ4v) is 1.10. The summed E-state index contributed by atoms with van der Waals surface area (Å²) in [5.74, 6) is 5.16. The predicted molar refractivity (Wildman–Crippen MR) is 55.4 cm³/mol. The maximum absolute atomic E-state index is 10.6. The lowest BCUT2D eigenvalue weighted by molar-refractivity contribution is -0.385. The molecular weight excluding hydrogens is 194 g/mol. The molecule has 1 aromatic rings. The van der Waals surface area contributed by atoms with Crippen LogP contribution >= 0.6 is 0 Å². The minimum absolute atomic E-state index is 0.0287. The molecule has 0 bridgehead atoms. The van der Waals surface area contributed by atoms with Crippen molar-refractivity contribution in [3.63, 3.8) is 0 Å². The van der Waals surface area contributed by atoms with E-state index < -0.39 is 4.92 Å². The van der Waals surface area contributed by atoms with E-state index in [0.717, 1.165) is 5.56 Å². The molecule has 0 saturated heterocycles. The molecule has 0 radical (unpaired) electrons. The molecule has 1 rings (SSSR count). The maximum atomic E-state index is 10.6. The molecule has 0 atom stereocenters. The van der Waals surface area contributed by atoms with Crippen LogP contribution in [-0.2, 0) is 4.79 Å². The van der Waals surface area contributed by atoms with Gasteiger partial charge in [0.2, 0.25) is 0 Å². The van der Waals surface area contributed by atoms with Crippen LogP contribution < -0.4 is 0 Å². The number of hydrogen-bond donors (Lipinski definition) is 0. The molecule has 15 heavy (non-hydrogen) atoms. The van der Waals surface area contributed by atoms with Crippen LogP contribution in [0.3, 0.4) is 0 Å². The van der Waals surface area contributed by atoms with Gasteiger partial charge in [0, 0.05) is 6.07 Å². The molecule has 4 nitrogen and oxygen atoms in total. The van der Waals surface area contributed by atoms with Gasteiger partial charge in [-0.25, -0.2) is 0 Å². The van der Waals surface area contributed by atoms with Crippen molar-refractivity contribution >= 4 is 12.0 Å². The number of carbonyl (C=O) groups excluding carboxylic acids is 1. The van der Waals surface area contributed by atoms with E-state index >= 15 is 0 Å². The van der Waals surface area contributed by atoms with Crippen molar-refractivity contribution in [2.24, 2.45) is 0 Å². The predicted octanol–water partition coefficient (Wildman–Crippen LogP) is 1.84. The minimum atomic E-state index is -0.482. The molecule has 0 aliphatic heterocycles. The highest BCUT2D eigenvalue weighted by molar-refractivity contribution is 5.57. The average Bonchev–Trinajstić information content (AvgIpc) is 2.18. The SMILES string of the molecule is Cc1ccc([N+](=O)[O-])c(C#CCC=O)c1. The smallest absolute Gasteiger partial charge is 0.284 e. The third kappa shape index (κ3) is 2.92. The molecule has 0 N–H and O–H groups in total. The zero-order chi connectivity index (χ0) is 11.3. The standard InChI is InChI=1S/C11H9NO3/c1-9-5-6-11(12(14)15)10(8-9)4-2-3-7-13/h5-8H,3H2,1H3. The molecule has 0 heterocycles. The first kappa shape index (κ1) is 10.9. The number of benzene rings is 1. The van der Waals surface area contributed by atoms with Gasteiger partial charge in [-0.2, -0.15) is 0 Å². The molecule has 0 saturated carbocycles. The van der Waals surface area contributed by atoms with Crippen LogP contribution in [0.1, 0.15) is 17.5 Å². The van der Waals surface area contributed by atoms with E-state index in [2.05, 4.69) is 11.8 Å². The third-order valence-electron chi connectivity index (χ3n) is 1.76. The van der Waals surface area contributed by atoms with Gasteiger partial charge in [-0.15, -0.1) is 0 Å². The number of nitro groups is 1. The highest BCUT2D eigenvalue weighted by Gasteiger charge is 2.10. The van der Waals surface area contributed by atoms with Crippen LogP contribution in [0, 0.1) is 28.9 Å². The van der Waals surface area contributed by atoms with Crippen molar-refractivity contribution in [1.82, 2.24) is 0 Å². The van der Waals surface area contributed by atoms with Crippen LogP contribution in [-0.4, -0.2) is 11.2 Å². The quantitative estimate of drug-likeness (QED) is 0.319. The van der Waals surface area contributed by atoms with Gasteiger partial charge >= 0.3 is 0 Å². The second-order valence-corrected chi connectivity index (χ2v) is 2.95. The summed E-state index contributed by atoms with van der Waals surface area (Å²) in [4.78, 5) is 20.2. The molecule has 0 fully saturated rings. The lowest BCUT2D eigenvalue weighted by Crippen LogP contribution is -1.92. The maximum Gasteiger partial charge on any atom is 0.284 e. The number of carbonyl (C=O) groups is 1. The van der Waals surface area contributed by atoms with Crippen molar-refractivity contribution in [2.45, 2.75) is 13.3 Å². The topological polar surface area (TPSA) is 60.2 Å². The zero-order valence-corrected chi connectivity index (χ0v) is 8.19. The summed E-state index contributed by atoms with van der Waals surface area (Å²) in [6.07, 6.45) is 0.750. The third-order valence-corrected chi connectivity index (χ3v) is 1.76. The van der Waals surface area contributed by atoms with E-state index in [4.69, 9.17) is 0 Å². The molecule has 0 aromatic heterocycles. The summed E-state index contributed by atoms with van der Waals surface area (Å²) in [6.45, 7) is 1.83. The van der Waals surface area contributed by atoms with Crippen LogP contribution in [0.4, 0.5) is 5.69 Å². The molecule has 0 unspecified atom stereocenters. The Labute approximate surface area is 87.1 Å². The van der Waals surface area contributed by atoms with E-state index in [1.165, 1.54) is 6.07 Å². The summed E-state index contributed by atoms with van der Waals surface area (Å²) in [5, 5.41) is 10.6. The van der Waals surface area contributed by atoms with E-state index in [9.17, 15) is 14.9 Å². The number of aryl methyl sites for hydroxylation is 1. The molecule has 4 heteroatoms. The van der Waals surface area contributed by atoms with Crippen molar-refractivity contribution in [3.8, 4) is 11.8 Å². The lowest BCUT2D eigenvalue weighted by Gasteiger charge is -1.96. The van der Waals surface area contributed by atoms with Crippen LogP contribution in [0.2, 0.25) is 0 Å². The lowest BCUT2D eigenvalue weighted by atomic mass is 10.1. The van der Waals surface area contributed by atoms with Gasteiger partial charge in [0.1, 0.15) is 11.8 Å². The molecule has 0 aliphatic carbocycles. The monoisotopic (exact) mass is 203 g/mol. The number of aldehydes is 1. The number of hydrogen-bond acceptors (Lipinski definition) is 3. The van der Waals surface area contributed by atoms with Crippen LogP contribution in [0.25, 0.3) is 0 Å². The Morgan fingerprint density at radius 3 is 2.87 bits per heavy atom. The first-order valence-corrected chi connectivity index (χ1v) is 4.32. The molecule has 76 valence electrons. The van der Waals surface area contributed by atoms with E-state index in [-0.39, 0.29) is 12.1 Å². The van der Waals surface area contributed by atoms with Crippen molar-refractivity contribution in [2.75, 3.05) is 0 Å². The first-order valence-electron chi connectivity index (χ1n) is 4.32. The minimum Gasteiger partial charge on any atom is -0.302 e. The second kappa shape index (κ2) is 4.91. The fourth-order valence-electron chi connectivity index (χ4n) is 1.10. The summed E-state index contributed by atoms with van der Waals surface area (Å²) < 4.78 is 0. The van der Waals surface area contributed by atoms with E-state index in [0.29, 0.717) is 11.8 Å². The Morgan fingerprint density at radius 1 is 1.53 bits per heavy atom. The number of nitro benzene ring substituents is 1. The highest BCUT2D eigenvalue weighted by atomic mass is 16.6. The highest BCUT2D eigenvalue weighted by Crippen LogP contribution is 2.18. The Balaban J connectivity index is 3.14. The van der Waals surface area contributed by atoms with Gasteiger partial charge < -0.3 is 4.79 Å². The second-order valence-electron chi connectivity index (χ2n) is 2.95. The number of nitrogens with zero attached hydrogens (tertiary/aromatic N) is 1. The average molecular weight is 203 g/mol. The molecule has 0 amide bonds. The molecular formula is C11H9NO3. The Bertz CT molecular complexity index is 455. The zero-order valence-electron chi connectivity index (χ0n) is 8.19. The summed E-state index contributed by atoms with van der Waals surface area (Å²) in [6, 6.07) is 4.71. The van der Waals surface area contributed by atoms with Gasteiger partial charge in [-0.1, -0.05) is 17.9 Å². The Kier molecular flexibility index (Phi) is 3.58. The summed E-state index contributed by atoms with van der Waals surface area (Å²) >= 11 is 0. The van der Waals surface area contributed by atoms with E-state index in [1.54, 1.807) is 12.1 Å². The molecule has 1 aromatic carbocycles. The summed E-state index contributed by atoms with van der Waals surface area (Å²) in [5.41, 5.74) is 1.22. The van der Waals surface area contributed by atoms with Crippen molar-refractivity contribution < 1.29 is 9.72 Å². The van der Waals surface area contributed by atoms with Gasteiger partial charge in [-0.05, 0) is 18.6 Å². The molecule has 0 spiro atoms. The summed E-state index contributed by atoms with van der Waals surface area (Å²) in [7, 11) is 0. The van der Waals surface area contributed by atoms with Crippen molar-refractivity contribution in [3.05, 3.63) is 39.4 Å². The van der Waals surface area contributed by atoms with Gasteiger partial charge in [0.05, 0.1) is 11.3 Å². The molecule has 0 aliphatic rings. The van der Waals surface area contributed by atoms with Gasteiger partial charge in [-0.3, -0.25) is 10.1 Å². The first-order chi connectivity index (χ1) is 7.15. The Morgan fingerprint density at radius 2 is 2.27 bits per heavy atom.